The van der Waals surface area contributed by atoms with E-state index in [1.807, 2.05) is 36.6 Å². The highest BCUT2D eigenvalue weighted by Gasteiger charge is 2.13. The molecule has 0 aliphatic heterocycles. The van der Waals surface area contributed by atoms with Crippen LogP contribution in [0, 0.1) is 0 Å². The molecular weight excluding hydrogens is 207 g/mol. The van der Waals surface area contributed by atoms with Gasteiger partial charge in [-0.15, -0.1) is 11.8 Å². The van der Waals surface area contributed by atoms with Gasteiger partial charge in [0.15, 0.2) is 0 Å². The van der Waals surface area contributed by atoms with Gasteiger partial charge in [-0.3, -0.25) is 0 Å². The van der Waals surface area contributed by atoms with Gasteiger partial charge in [-0.1, -0.05) is 30.3 Å². The summed E-state index contributed by atoms with van der Waals surface area (Å²) in [5, 5.41) is 20.5. The van der Waals surface area contributed by atoms with Crippen molar-refractivity contribution in [3.63, 3.8) is 0 Å². The van der Waals surface area contributed by atoms with Gasteiger partial charge in [0, 0.05) is 4.90 Å². The van der Waals surface area contributed by atoms with Crippen molar-refractivity contribution >= 4 is 35.1 Å². The van der Waals surface area contributed by atoms with E-state index in [0.29, 0.717) is 5.46 Å². The molecule has 2 aromatic rings. The monoisotopic (exact) mass is 218 g/mol. The Morgan fingerprint density at radius 2 is 1.87 bits per heavy atom. The number of fused-ring (bicyclic) bond motifs is 1. The molecule has 0 aliphatic carbocycles. The van der Waals surface area contributed by atoms with Crippen molar-refractivity contribution in [1.82, 2.24) is 0 Å². The molecule has 76 valence electrons. The summed E-state index contributed by atoms with van der Waals surface area (Å²) in [4.78, 5) is 1.07. The first-order valence-corrected chi connectivity index (χ1v) is 5.87. The Labute approximate surface area is 93.1 Å². The van der Waals surface area contributed by atoms with Crippen LogP contribution in [0.5, 0.6) is 0 Å². The molecule has 0 heterocycles. The van der Waals surface area contributed by atoms with Crippen molar-refractivity contribution in [2.45, 2.75) is 4.90 Å². The fourth-order valence-corrected chi connectivity index (χ4v) is 2.28. The van der Waals surface area contributed by atoms with Crippen molar-refractivity contribution in [1.29, 1.82) is 0 Å². The van der Waals surface area contributed by atoms with Gasteiger partial charge in [0.2, 0.25) is 0 Å². The molecule has 0 unspecified atom stereocenters. The van der Waals surface area contributed by atoms with Crippen molar-refractivity contribution < 1.29 is 10.0 Å². The highest BCUT2D eigenvalue weighted by atomic mass is 32.2. The van der Waals surface area contributed by atoms with Gasteiger partial charge in [-0.25, -0.2) is 0 Å². The van der Waals surface area contributed by atoms with Crippen LogP contribution < -0.4 is 5.46 Å². The Bertz CT molecular complexity index is 485. The zero-order chi connectivity index (χ0) is 10.8. The maximum absolute atomic E-state index is 9.15. The highest BCUT2D eigenvalue weighted by Crippen LogP contribution is 2.24. The first-order chi connectivity index (χ1) is 7.22. The maximum atomic E-state index is 9.15. The number of hydrogen-bond acceptors (Lipinski definition) is 3. The smallest absolute Gasteiger partial charge is 0.423 e. The van der Waals surface area contributed by atoms with Gasteiger partial charge in [-0.2, -0.15) is 0 Å². The van der Waals surface area contributed by atoms with Gasteiger partial charge in [0.1, 0.15) is 0 Å². The second-order valence-corrected chi connectivity index (χ2v) is 4.17. The first-order valence-electron chi connectivity index (χ1n) is 4.65. The van der Waals surface area contributed by atoms with E-state index < -0.39 is 7.12 Å². The molecule has 2 rings (SSSR count). The molecule has 0 aromatic heterocycles. The lowest BCUT2D eigenvalue weighted by molar-refractivity contribution is 0.426. The zero-order valence-corrected chi connectivity index (χ0v) is 9.16. The molecule has 0 spiro atoms. The SMILES string of the molecule is CSc1cc(B(O)O)cc2ccccc12. The first kappa shape index (κ1) is 10.5. The Morgan fingerprint density at radius 3 is 2.53 bits per heavy atom. The number of hydrogen-bond donors (Lipinski definition) is 2. The number of benzene rings is 2. The molecule has 0 aliphatic rings. The molecule has 0 radical (unpaired) electrons. The normalized spacial score (nSPS) is 10.6. The average Bonchev–Trinajstić information content (AvgIpc) is 2.27. The molecule has 0 amide bonds. The fraction of sp³-hybridized carbons (Fsp3) is 0.0909. The van der Waals surface area contributed by atoms with E-state index in [2.05, 4.69) is 0 Å². The van der Waals surface area contributed by atoms with Crippen LogP contribution in [0.4, 0.5) is 0 Å². The van der Waals surface area contributed by atoms with Crippen LogP contribution in [-0.4, -0.2) is 23.4 Å². The van der Waals surface area contributed by atoms with Crippen LogP contribution in [0.3, 0.4) is 0 Å². The third-order valence-corrected chi connectivity index (χ3v) is 3.14. The summed E-state index contributed by atoms with van der Waals surface area (Å²) in [5.74, 6) is 0. The van der Waals surface area contributed by atoms with Crippen LogP contribution in [0.15, 0.2) is 41.3 Å². The minimum Gasteiger partial charge on any atom is -0.423 e. The fourth-order valence-electron chi connectivity index (χ4n) is 1.62. The minimum absolute atomic E-state index is 0.540. The van der Waals surface area contributed by atoms with Gasteiger partial charge in [0.25, 0.3) is 0 Å². The molecule has 0 bridgehead atoms. The quantitative estimate of drug-likeness (QED) is 0.588. The molecule has 2 N–H and O–H groups in total. The van der Waals surface area contributed by atoms with Crippen LogP contribution in [0.25, 0.3) is 10.8 Å². The summed E-state index contributed by atoms with van der Waals surface area (Å²) in [5.41, 5.74) is 0.540. The molecule has 0 fully saturated rings. The van der Waals surface area contributed by atoms with E-state index in [-0.39, 0.29) is 0 Å². The lowest BCUT2D eigenvalue weighted by atomic mass is 9.79. The van der Waals surface area contributed by atoms with Gasteiger partial charge in [0.05, 0.1) is 0 Å². The van der Waals surface area contributed by atoms with Crippen molar-refractivity contribution in [2.75, 3.05) is 6.26 Å². The van der Waals surface area contributed by atoms with E-state index in [1.54, 1.807) is 17.8 Å². The Kier molecular flexibility index (Phi) is 3.00. The van der Waals surface area contributed by atoms with E-state index in [4.69, 9.17) is 10.0 Å². The molecule has 0 atom stereocenters. The van der Waals surface area contributed by atoms with E-state index >= 15 is 0 Å². The van der Waals surface area contributed by atoms with Gasteiger partial charge in [-0.05, 0) is 28.6 Å². The molecule has 2 nitrogen and oxygen atoms in total. The van der Waals surface area contributed by atoms with Crippen LogP contribution in [0.2, 0.25) is 0 Å². The topological polar surface area (TPSA) is 40.5 Å². The summed E-state index contributed by atoms with van der Waals surface area (Å²) in [6, 6.07) is 11.6. The van der Waals surface area contributed by atoms with Crippen LogP contribution in [0.1, 0.15) is 0 Å². The van der Waals surface area contributed by atoms with E-state index in [0.717, 1.165) is 15.7 Å². The summed E-state index contributed by atoms with van der Waals surface area (Å²) >= 11 is 1.61. The average molecular weight is 218 g/mol. The molecule has 0 saturated heterocycles. The standard InChI is InChI=1S/C11H11BO2S/c1-15-11-7-9(12(13)14)6-8-4-2-3-5-10(8)11/h2-7,13-14H,1H3. The van der Waals surface area contributed by atoms with E-state index in [1.165, 1.54) is 0 Å². The van der Waals surface area contributed by atoms with Gasteiger partial charge < -0.3 is 10.0 Å². The molecule has 15 heavy (non-hydrogen) atoms. The number of thioether (sulfide) groups is 1. The van der Waals surface area contributed by atoms with E-state index in [9.17, 15) is 0 Å². The lowest BCUT2D eigenvalue weighted by Gasteiger charge is -2.07. The Morgan fingerprint density at radius 1 is 1.13 bits per heavy atom. The van der Waals surface area contributed by atoms with Crippen LogP contribution in [-0.2, 0) is 0 Å². The molecule has 2 aromatic carbocycles. The summed E-state index contributed by atoms with van der Waals surface area (Å²) < 4.78 is 0. The third-order valence-electron chi connectivity index (χ3n) is 2.36. The number of rotatable bonds is 2. The predicted octanol–water partition coefficient (Wildman–Crippen LogP) is 1.24. The van der Waals surface area contributed by atoms with Crippen molar-refractivity contribution in [2.24, 2.45) is 0 Å². The second-order valence-electron chi connectivity index (χ2n) is 3.32. The molecule has 0 saturated carbocycles. The van der Waals surface area contributed by atoms with Crippen molar-refractivity contribution in [3.05, 3.63) is 36.4 Å². The highest BCUT2D eigenvalue weighted by molar-refractivity contribution is 7.98. The molecule has 4 heteroatoms. The Balaban J connectivity index is 2.71. The second kappa shape index (κ2) is 4.27. The van der Waals surface area contributed by atoms with Gasteiger partial charge >= 0.3 is 7.12 Å². The van der Waals surface area contributed by atoms with Crippen LogP contribution >= 0.6 is 11.8 Å². The lowest BCUT2D eigenvalue weighted by Crippen LogP contribution is -2.29. The Hall–Kier alpha value is -0.965. The summed E-state index contributed by atoms with van der Waals surface area (Å²) in [7, 11) is -1.40. The van der Waals surface area contributed by atoms with Crippen molar-refractivity contribution in [3.8, 4) is 0 Å². The maximum Gasteiger partial charge on any atom is 0.488 e. The zero-order valence-electron chi connectivity index (χ0n) is 8.34. The third kappa shape index (κ3) is 2.02. The summed E-state index contributed by atoms with van der Waals surface area (Å²) in [6.45, 7) is 0. The summed E-state index contributed by atoms with van der Waals surface area (Å²) in [6.07, 6.45) is 1.98. The predicted molar refractivity (Wildman–Crippen MR) is 65.6 cm³/mol. The molecular formula is C11H11BO2S. The minimum atomic E-state index is -1.40. The largest absolute Gasteiger partial charge is 0.488 e.